The number of ether oxygens (including phenoxy) is 1. The van der Waals surface area contributed by atoms with Gasteiger partial charge in [0.15, 0.2) is 0 Å². The van der Waals surface area contributed by atoms with Crippen LogP contribution in [0.1, 0.15) is 6.92 Å². The average molecular weight is 230 g/mol. The summed E-state index contributed by atoms with van der Waals surface area (Å²) >= 11 is 0. The van der Waals surface area contributed by atoms with E-state index in [1.807, 2.05) is 53.4 Å². The molecule has 1 N–H and O–H groups in total. The van der Waals surface area contributed by atoms with Crippen molar-refractivity contribution in [2.45, 2.75) is 6.92 Å². The Kier molecular flexibility index (Phi) is 3.45. The van der Waals surface area contributed by atoms with E-state index in [2.05, 4.69) is 5.32 Å². The molecule has 0 spiro atoms. The van der Waals surface area contributed by atoms with E-state index in [4.69, 9.17) is 4.74 Å². The van der Waals surface area contributed by atoms with Gasteiger partial charge in [-0.3, -0.25) is 5.32 Å². The van der Waals surface area contributed by atoms with Gasteiger partial charge >= 0.3 is 6.09 Å². The van der Waals surface area contributed by atoms with Gasteiger partial charge in [0.05, 0.1) is 6.61 Å². The minimum absolute atomic E-state index is 0.364. The van der Waals surface area contributed by atoms with Gasteiger partial charge in [0.1, 0.15) is 0 Å². The molecule has 0 aliphatic heterocycles. The van der Waals surface area contributed by atoms with Crippen LogP contribution >= 0.6 is 0 Å². The molecule has 2 rings (SSSR count). The molecule has 1 heterocycles. The van der Waals surface area contributed by atoms with Crippen LogP contribution in [0.15, 0.2) is 48.8 Å². The van der Waals surface area contributed by atoms with Gasteiger partial charge in [-0.2, -0.15) is 0 Å². The standard InChI is InChI=1S/C13H14N2O2/c1-2-17-13(16)14-11-6-5-7-12(10-11)15-8-3-4-9-15/h3-10H,2H2,1H3,(H,14,16). The molecule has 1 amide bonds. The molecule has 0 aliphatic rings. The third-order valence-corrected chi connectivity index (χ3v) is 2.27. The number of rotatable bonds is 3. The van der Waals surface area contributed by atoms with Crippen LogP contribution in [0.4, 0.5) is 10.5 Å². The van der Waals surface area contributed by atoms with E-state index in [0.717, 1.165) is 11.4 Å². The summed E-state index contributed by atoms with van der Waals surface area (Å²) in [5.41, 5.74) is 1.71. The summed E-state index contributed by atoms with van der Waals surface area (Å²) in [6.07, 6.45) is 3.46. The maximum atomic E-state index is 11.3. The lowest BCUT2D eigenvalue weighted by Crippen LogP contribution is -2.13. The molecule has 17 heavy (non-hydrogen) atoms. The zero-order valence-electron chi connectivity index (χ0n) is 9.59. The number of nitrogens with one attached hydrogen (secondary N) is 1. The lowest BCUT2D eigenvalue weighted by molar-refractivity contribution is 0.168. The maximum absolute atomic E-state index is 11.3. The first-order valence-corrected chi connectivity index (χ1v) is 5.47. The predicted molar refractivity (Wildman–Crippen MR) is 66.4 cm³/mol. The monoisotopic (exact) mass is 230 g/mol. The van der Waals surface area contributed by atoms with Crippen LogP contribution in [0.3, 0.4) is 0 Å². The highest BCUT2D eigenvalue weighted by Gasteiger charge is 2.02. The van der Waals surface area contributed by atoms with E-state index in [0.29, 0.717) is 6.61 Å². The highest BCUT2D eigenvalue weighted by Crippen LogP contribution is 2.14. The highest BCUT2D eigenvalue weighted by molar-refractivity contribution is 5.84. The SMILES string of the molecule is CCOC(=O)Nc1cccc(-n2cccc2)c1. The Labute approximate surface area is 99.8 Å². The van der Waals surface area contributed by atoms with E-state index in [-0.39, 0.29) is 0 Å². The van der Waals surface area contributed by atoms with Gasteiger partial charge in [-0.25, -0.2) is 4.79 Å². The smallest absolute Gasteiger partial charge is 0.411 e. The summed E-state index contributed by atoms with van der Waals surface area (Å²) in [4.78, 5) is 11.3. The molecular formula is C13H14N2O2. The Morgan fingerprint density at radius 3 is 2.76 bits per heavy atom. The minimum atomic E-state index is -0.433. The molecule has 1 aromatic carbocycles. The fourth-order valence-electron chi connectivity index (χ4n) is 1.54. The Bertz CT molecular complexity index is 492. The molecule has 0 atom stereocenters. The first kappa shape index (κ1) is 11.3. The van der Waals surface area contributed by atoms with Crippen molar-refractivity contribution in [2.24, 2.45) is 0 Å². The number of hydrogen-bond donors (Lipinski definition) is 1. The quantitative estimate of drug-likeness (QED) is 0.880. The zero-order valence-corrected chi connectivity index (χ0v) is 9.59. The third kappa shape index (κ3) is 2.87. The van der Waals surface area contributed by atoms with Crippen molar-refractivity contribution in [3.05, 3.63) is 48.8 Å². The van der Waals surface area contributed by atoms with Gasteiger partial charge in [0, 0.05) is 23.8 Å². The zero-order chi connectivity index (χ0) is 12.1. The second-order valence-corrected chi connectivity index (χ2v) is 3.49. The Morgan fingerprint density at radius 1 is 1.29 bits per heavy atom. The number of aromatic nitrogens is 1. The molecule has 88 valence electrons. The third-order valence-electron chi connectivity index (χ3n) is 2.27. The van der Waals surface area contributed by atoms with E-state index in [1.165, 1.54) is 0 Å². The van der Waals surface area contributed by atoms with E-state index in [9.17, 15) is 4.79 Å². The van der Waals surface area contributed by atoms with Gasteiger partial charge in [-0.1, -0.05) is 6.07 Å². The first-order valence-electron chi connectivity index (χ1n) is 5.47. The number of nitrogens with zero attached hydrogens (tertiary/aromatic N) is 1. The van der Waals surface area contributed by atoms with Crippen molar-refractivity contribution in [3.8, 4) is 5.69 Å². The summed E-state index contributed by atoms with van der Waals surface area (Å²) in [5.74, 6) is 0. The molecule has 0 saturated heterocycles. The molecule has 0 fully saturated rings. The molecule has 0 unspecified atom stereocenters. The molecule has 4 nitrogen and oxygen atoms in total. The van der Waals surface area contributed by atoms with Crippen LogP contribution in [-0.4, -0.2) is 17.3 Å². The van der Waals surface area contributed by atoms with Crippen molar-refractivity contribution in [1.82, 2.24) is 4.57 Å². The van der Waals surface area contributed by atoms with Crippen LogP contribution in [-0.2, 0) is 4.74 Å². The number of amides is 1. The molecule has 2 aromatic rings. The minimum Gasteiger partial charge on any atom is -0.450 e. The number of benzene rings is 1. The largest absolute Gasteiger partial charge is 0.450 e. The van der Waals surface area contributed by atoms with E-state index < -0.39 is 6.09 Å². The van der Waals surface area contributed by atoms with Crippen molar-refractivity contribution in [2.75, 3.05) is 11.9 Å². The number of hydrogen-bond acceptors (Lipinski definition) is 2. The van der Waals surface area contributed by atoms with Crippen molar-refractivity contribution in [3.63, 3.8) is 0 Å². The Balaban J connectivity index is 2.15. The summed E-state index contributed by atoms with van der Waals surface area (Å²) in [6.45, 7) is 2.14. The maximum Gasteiger partial charge on any atom is 0.411 e. The fourth-order valence-corrected chi connectivity index (χ4v) is 1.54. The van der Waals surface area contributed by atoms with Crippen molar-refractivity contribution < 1.29 is 9.53 Å². The Hall–Kier alpha value is -2.23. The van der Waals surface area contributed by atoms with Gasteiger partial charge in [0.2, 0.25) is 0 Å². The number of carbonyl (C=O) groups is 1. The number of carbonyl (C=O) groups excluding carboxylic acids is 1. The summed E-state index contributed by atoms with van der Waals surface area (Å²) in [6, 6.07) is 11.5. The lowest BCUT2D eigenvalue weighted by Gasteiger charge is -2.08. The van der Waals surface area contributed by atoms with Crippen molar-refractivity contribution in [1.29, 1.82) is 0 Å². The highest BCUT2D eigenvalue weighted by atomic mass is 16.5. The van der Waals surface area contributed by atoms with Crippen LogP contribution in [0.2, 0.25) is 0 Å². The molecule has 0 bridgehead atoms. The molecular weight excluding hydrogens is 216 g/mol. The second-order valence-electron chi connectivity index (χ2n) is 3.49. The van der Waals surface area contributed by atoms with Crippen molar-refractivity contribution >= 4 is 11.8 Å². The van der Waals surface area contributed by atoms with Gasteiger partial charge < -0.3 is 9.30 Å². The van der Waals surface area contributed by atoms with Crippen LogP contribution in [0.25, 0.3) is 5.69 Å². The summed E-state index contributed by atoms with van der Waals surface area (Å²) < 4.78 is 6.79. The lowest BCUT2D eigenvalue weighted by atomic mass is 10.3. The Morgan fingerprint density at radius 2 is 2.06 bits per heavy atom. The molecule has 0 aliphatic carbocycles. The van der Waals surface area contributed by atoms with Gasteiger partial charge in [-0.05, 0) is 37.3 Å². The van der Waals surface area contributed by atoms with Crippen LogP contribution in [0, 0.1) is 0 Å². The summed E-state index contributed by atoms with van der Waals surface area (Å²) in [5, 5.41) is 2.67. The predicted octanol–water partition coefficient (Wildman–Crippen LogP) is 3.05. The fraction of sp³-hybridized carbons (Fsp3) is 0.154. The number of anilines is 1. The second kappa shape index (κ2) is 5.21. The normalized spacial score (nSPS) is 9.94. The van der Waals surface area contributed by atoms with Gasteiger partial charge in [0.25, 0.3) is 0 Å². The molecule has 0 saturated carbocycles. The average Bonchev–Trinajstić information content (AvgIpc) is 2.83. The van der Waals surface area contributed by atoms with E-state index in [1.54, 1.807) is 6.92 Å². The first-order chi connectivity index (χ1) is 8.29. The molecule has 0 radical (unpaired) electrons. The molecule has 4 heteroatoms. The topological polar surface area (TPSA) is 43.3 Å². The molecule has 1 aromatic heterocycles. The van der Waals surface area contributed by atoms with Gasteiger partial charge in [-0.15, -0.1) is 0 Å². The van der Waals surface area contributed by atoms with Crippen LogP contribution < -0.4 is 5.32 Å². The van der Waals surface area contributed by atoms with E-state index >= 15 is 0 Å². The summed E-state index contributed by atoms with van der Waals surface area (Å²) in [7, 11) is 0. The van der Waals surface area contributed by atoms with Crippen LogP contribution in [0.5, 0.6) is 0 Å².